The molecule has 0 saturated carbocycles. The third kappa shape index (κ3) is 3.58. The Labute approximate surface area is 117 Å². The van der Waals surface area contributed by atoms with Crippen LogP contribution in [-0.4, -0.2) is 47.9 Å². The van der Waals surface area contributed by atoms with Crippen LogP contribution in [-0.2, 0) is 4.74 Å². The smallest absolute Gasteiger partial charge is 0.358 e. The van der Waals surface area contributed by atoms with Crippen molar-refractivity contribution in [2.45, 2.75) is 0 Å². The highest BCUT2D eigenvalue weighted by Gasteiger charge is 2.11. The van der Waals surface area contributed by atoms with Gasteiger partial charge in [0.15, 0.2) is 5.69 Å². The number of carbonyl (C=O) groups excluding carboxylic acids is 1. The predicted molar refractivity (Wildman–Crippen MR) is 76.8 cm³/mol. The summed E-state index contributed by atoms with van der Waals surface area (Å²) in [5, 5.41) is 4.19. The molecule has 0 amide bonds. The molecule has 1 heterocycles. The van der Waals surface area contributed by atoms with E-state index >= 15 is 0 Å². The van der Waals surface area contributed by atoms with Gasteiger partial charge >= 0.3 is 5.97 Å². The average Bonchev–Trinajstić information content (AvgIpc) is 2.87. The van der Waals surface area contributed by atoms with Gasteiger partial charge in [-0.3, -0.25) is 0 Å². The van der Waals surface area contributed by atoms with Crippen molar-refractivity contribution in [3.05, 3.63) is 42.2 Å². The lowest BCUT2D eigenvalue weighted by Crippen LogP contribution is -2.20. The Hall–Kier alpha value is -2.34. The summed E-state index contributed by atoms with van der Waals surface area (Å²) in [6, 6.07) is 8.91. The van der Waals surface area contributed by atoms with Gasteiger partial charge in [0, 0.05) is 18.4 Å². The lowest BCUT2D eigenvalue weighted by atomic mass is 10.3. The van der Waals surface area contributed by atoms with Crippen LogP contribution in [0.25, 0.3) is 5.69 Å². The lowest BCUT2D eigenvalue weighted by Gasteiger charge is -2.08. The van der Waals surface area contributed by atoms with Crippen LogP contribution in [0.1, 0.15) is 10.5 Å². The van der Waals surface area contributed by atoms with E-state index in [1.54, 1.807) is 29.1 Å². The van der Waals surface area contributed by atoms with Crippen LogP contribution >= 0.6 is 0 Å². The molecule has 0 unspecified atom stereocenters. The maximum atomic E-state index is 11.8. The third-order valence-corrected chi connectivity index (χ3v) is 2.70. The molecule has 6 heteroatoms. The fourth-order valence-electron chi connectivity index (χ4n) is 1.64. The van der Waals surface area contributed by atoms with Crippen molar-refractivity contribution < 1.29 is 9.53 Å². The fraction of sp³-hybridized carbons (Fsp3) is 0.286. The average molecular weight is 274 g/mol. The molecule has 0 spiro atoms. The van der Waals surface area contributed by atoms with Gasteiger partial charge in [0.25, 0.3) is 0 Å². The van der Waals surface area contributed by atoms with Crippen LogP contribution in [0.2, 0.25) is 0 Å². The molecule has 0 aliphatic rings. The largest absolute Gasteiger partial charge is 0.460 e. The number of hydrogen-bond donors (Lipinski definition) is 1. The first-order chi connectivity index (χ1) is 9.56. The minimum absolute atomic E-state index is 0.284. The van der Waals surface area contributed by atoms with Crippen molar-refractivity contribution >= 4 is 11.7 Å². The number of likely N-dealkylation sites (N-methyl/N-ethyl adjacent to an activating group) is 1. The van der Waals surface area contributed by atoms with Crippen molar-refractivity contribution in [1.29, 1.82) is 0 Å². The molecular formula is C14H18N4O2. The third-order valence-electron chi connectivity index (χ3n) is 2.70. The second-order valence-corrected chi connectivity index (χ2v) is 4.68. The number of esters is 1. The van der Waals surface area contributed by atoms with Gasteiger partial charge in [-0.1, -0.05) is 6.07 Å². The van der Waals surface area contributed by atoms with E-state index < -0.39 is 5.97 Å². The number of nitrogens with two attached hydrogens (primary N) is 1. The van der Waals surface area contributed by atoms with Crippen LogP contribution < -0.4 is 5.73 Å². The van der Waals surface area contributed by atoms with Gasteiger partial charge in [-0.25, -0.2) is 9.48 Å². The minimum Gasteiger partial charge on any atom is -0.460 e. The molecule has 6 nitrogen and oxygen atoms in total. The molecule has 0 saturated heterocycles. The molecule has 2 N–H and O–H groups in total. The van der Waals surface area contributed by atoms with E-state index in [1.807, 2.05) is 31.1 Å². The van der Waals surface area contributed by atoms with Gasteiger partial charge in [-0.2, -0.15) is 5.10 Å². The Morgan fingerprint density at radius 3 is 2.90 bits per heavy atom. The first kappa shape index (κ1) is 14.1. The molecule has 20 heavy (non-hydrogen) atoms. The number of nitrogens with zero attached hydrogens (tertiary/aromatic N) is 3. The molecule has 2 aromatic rings. The number of rotatable bonds is 5. The van der Waals surface area contributed by atoms with Crippen molar-refractivity contribution in [3.63, 3.8) is 0 Å². The Balaban J connectivity index is 2.03. The molecule has 1 aromatic heterocycles. The van der Waals surface area contributed by atoms with Crippen LogP contribution in [0.5, 0.6) is 0 Å². The molecule has 106 valence electrons. The molecular weight excluding hydrogens is 256 g/mol. The molecule has 0 aliphatic heterocycles. The van der Waals surface area contributed by atoms with Crippen molar-refractivity contribution in [2.75, 3.05) is 33.0 Å². The molecule has 2 rings (SSSR count). The highest BCUT2D eigenvalue weighted by atomic mass is 16.5. The highest BCUT2D eigenvalue weighted by molar-refractivity contribution is 5.87. The van der Waals surface area contributed by atoms with E-state index in [1.165, 1.54) is 0 Å². The molecule has 0 fully saturated rings. The van der Waals surface area contributed by atoms with Crippen molar-refractivity contribution in [1.82, 2.24) is 14.7 Å². The first-order valence-electron chi connectivity index (χ1n) is 6.30. The number of ether oxygens (including phenoxy) is 1. The second-order valence-electron chi connectivity index (χ2n) is 4.68. The summed E-state index contributed by atoms with van der Waals surface area (Å²) in [6.07, 6.45) is 1.71. The van der Waals surface area contributed by atoms with Crippen LogP contribution in [0.3, 0.4) is 0 Å². The second kappa shape index (κ2) is 6.21. The summed E-state index contributed by atoms with van der Waals surface area (Å²) in [5.74, 6) is -0.422. The van der Waals surface area contributed by atoms with Gasteiger partial charge in [-0.05, 0) is 38.4 Å². The van der Waals surface area contributed by atoms with E-state index in [2.05, 4.69) is 5.10 Å². The number of aromatic nitrogens is 2. The number of nitrogen functional groups attached to an aromatic ring is 1. The Bertz CT molecular complexity index is 592. The van der Waals surface area contributed by atoms with Crippen molar-refractivity contribution in [3.8, 4) is 5.69 Å². The van der Waals surface area contributed by atoms with Gasteiger partial charge in [0.1, 0.15) is 6.61 Å². The number of anilines is 1. The zero-order chi connectivity index (χ0) is 14.5. The van der Waals surface area contributed by atoms with Gasteiger partial charge in [0.05, 0.1) is 5.69 Å². The van der Waals surface area contributed by atoms with Crippen LogP contribution in [0.15, 0.2) is 36.5 Å². The number of benzene rings is 1. The zero-order valence-electron chi connectivity index (χ0n) is 11.6. The van der Waals surface area contributed by atoms with Gasteiger partial charge in [0.2, 0.25) is 0 Å². The van der Waals surface area contributed by atoms with Crippen molar-refractivity contribution in [2.24, 2.45) is 0 Å². The Morgan fingerprint density at radius 1 is 1.40 bits per heavy atom. The normalized spacial score (nSPS) is 10.8. The summed E-state index contributed by atoms with van der Waals surface area (Å²) >= 11 is 0. The SMILES string of the molecule is CN(C)CCOC(=O)c1ccn(-c2cccc(N)c2)n1. The summed E-state index contributed by atoms with van der Waals surface area (Å²) in [5.41, 5.74) is 7.45. The van der Waals surface area contributed by atoms with Crippen LogP contribution in [0.4, 0.5) is 5.69 Å². The molecule has 0 aliphatic carbocycles. The van der Waals surface area contributed by atoms with Gasteiger partial charge < -0.3 is 15.4 Å². The standard InChI is InChI=1S/C14H18N4O2/c1-17(2)8-9-20-14(19)13-6-7-18(16-13)12-5-3-4-11(15)10-12/h3-7,10H,8-9,15H2,1-2H3. The fourth-order valence-corrected chi connectivity index (χ4v) is 1.64. The van der Waals surface area contributed by atoms with Crippen LogP contribution in [0, 0.1) is 0 Å². The Morgan fingerprint density at radius 2 is 2.20 bits per heavy atom. The maximum Gasteiger partial charge on any atom is 0.358 e. The summed E-state index contributed by atoms with van der Waals surface area (Å²) in [7, 11) is 3.84. The maximum absolute atomic E-state index is 11.8. The number of carbonyl (C=O) groups is 1. The molecule has 0 radical (unpaired) electrons. The quantitative estimate of drug-likeness (QED) is 0.654. The molecule has 0 atom stereocenters. The zero-order valence-corrected chi connectivity index (χ0v) is 11.6. The predicted octanol–water partition coefficient (Wildman–Crippen LogP) is 1.17. The summed E-state index contributed by atoms with van der Waals surface area (Å²) in [6.45, 7) is 1.03. The highest BCUT2D eigenvalue weighted by Crippen LogP contribution is 2.12. The summed E-state index contributed by atoms with van der Waals surface area (Å²) < 4.78 is 6.73. The number of hydrogen-bond acceptors (Lipinski definition) is 5. The van der Waals surface area contributed by atoms with Gasteiger partial charge in [-0.15, -0.1) is 0 Å². The molecule has 1 aromatic carbocycles. The molecule has 0 bridgehead atoms. The monoisotopic (exact) mass is 274 g/mol. The lowest BCUT2D eigenvalue weighted by molar-refractivity contribution is 0.0474. The topological polar surface area (TPSA) is 73.4 Å². The van der Waals surface area contributed by atoms with E-state index in [4.69, 9.17) is 10.5 Å². The van der Waals surface area contributed by atoms with E-state index in [0.717, 1.165) is 5.69 Å². The Kier molecular flexibility index (Phi) is 4.37. The van der Waals surface area contributed by atoms with E-state index in [0.29, 0.717) is 18.8 Å². The summed E-state index contributed by atoms with van der Waals surface area (Å²) in [4.78, 5) is 13.7. The van der Waals surface area contributed by atoms with E-state index in [9.17, 15) is 4.79 Å². The van der Waals surface area contributed by atoms with E-state index in [-0.39, 0.29) is 5.69 Å². The first-order valence-corrected chi connectivity index (χ1v) is 6.30. The minimum atomic E-state index is -0.422.